The zero-order valence-electron chi connectivity index (χ0n) is 17.8. The van der Waals surface area contributed by atoms with Gasteiger partial charge in [-0.3, -0.25) is 4.98 Å². The molecular weight excluding hydrogens is 484 g/mol. The molecule has 1 unspecified atom stereocenters. The molecule has 0 spiro atoms. The lowest BCUT2D eigenvalue weighted by Gasteiger charge is -2.21. The van der Waals surface area contributed by atoms with Crippen LogP contribution in [0.5, 0.6) is 0 Å². The number of aromatic nitrogens is 1. The second-order valence-corrected chi connectivity index (χ2v) is 9.98. The molecule has 0 amide bonds. The van der Waals surface area contributed by atoms with Gasteiger partial charge in [0, 0.05) is 34.9 Å². The number of nitrogens with one attached hydrogen (secondary N) is 1. The van der Waals surface area contributed by atoms with Crippen molar-refractivity contribution in [1.29, 1.82) is 0 Å². The van der Waals surface area contributed by atoms with Gasteiger partial charge in [0.25, 0.3) is 0 Å². The van der Waals surface area contributed by atoms with Crippen molar-refractivity contribution in [3.05, 3.63) is 35.5 Å². The Morgan fingerprint density at radius 1 is 1.16 bits per heavy atom. The van der Waals surface area contributed by atoms with Gasteiger partial charge < -0.3 is 34.9 Å². The molecule has 6 N–H and O–H groups in total. The molecule has 11 nitrogen and oxygen atoms in total. The van der Waals surface area contributed by atoms with Crippen LogP contribution >= 0.6 is 27.2 Å². The highest BCUT2D eigenvalue weighted by Gasteiger charge is 2.27. The summed E-state index contributed by atoms with van der Waals surface area (Å²) in [6.45, 7) is 7.32. The number of phosphoric acid groups is 2. The van der Waals surface area contributed by atoms with Gasteiger partial charge in [-0.2, -0.15) is 4.31 Å². The van der Waals surface area contributed by atoms with Crippen molar-refractivity contribution in [1.82, 2.24) is 9.88 Å². The number of likely N-dealkylation sites (N-methyl/N-ethyl adjacent to an activating group) is 1. The third kappa shape index (κ3) is 12.2. The first-order valence-corrected chi connectivity index (χ1v) is 13.2. The Kier molecular flexibility index (Phi) is 12.3. The Bertz CT molecular complexity index is 920. The number of hydrogen-bond donors (Lipinski definition) is 6. The van der Waals surface area contributed by atoms with Crippen molar-refractivity contribution < 1.29 is 38.1 Å². The lowest BCUT2D eigenvalue weighted by atomic mass is 10.1. The van der Waals surface area contributed by atoms with E-state index in [1.54, 1.807) is 0 Å². The summed E-state index contributed by atoms with van der Waals surface area (Å²) >= 11 is 6.03. The molecule has 182 valence electrons. The number of rotatable bonds is 11. The molecule has 0 aliphatic rings. The van der Waals surface area contributed by atoms with Crippen molar-refractivity contribution in [2.24, 2.45) is 0 Å². The van der Waals surface area contributed by atoms with Gasteiger partial charge in [0.1, 0.15) is 0 Å². The van der Waals surface area contributed by atoms with E-state index in [4.69, 9.17) is 36.3 Å². The van der Waals surface area contributed by atoms with E-state index < -0.39 is 15.6 Å². The molecule has 0 fully saturated rings. The average Bonchev–Trinajstić information content (AvgIpc) is 2.65. The minimum Gasteiger partial charge on any atom is -0.395 e. The van der Waals surface area contributed by atoms with Crippen LogP contribution in [0.1, 0.15) is 26.7 Å². The third-order valence-electron chi connectivity index (χ3n) is 4.29. The Balaban J connectivity index is 0.000000482. The first-order valence-electron chi connectivity index (χ1n) is 9.81. The van der Waals surface area contributed by atoms with Crippen LogP contribution in [0.25, 0.3) is 10.9 Å². The van der Waals surface area contributed by atoms with Gasteiger partial charge in [-0.15, -0.1) is 0 Å². The van der Waals surface area contributed by atoms with Crippen LogP contribution in [0.15, 0.2) is 30.5 Å². The summed E-state index contributed by atoms with van der Waals surface area (Å²) in [7, 11) is -10.1. The van der Waals surface area contributed by atoms with Gasteiger partial charge in [-0.1, -0.05) is 18.5 Å². The van der Waals surface area contributed by atoms with Crippen LogP contribution in [0, 0.1) is 0 Å². The fraction of sp³-hybridized carbons (Fsp3) is 0.500. The lowest BCUT2D eigenvalue weighted by molar-refractivity contribution is 0.199. The molecule has 0 aliphatic heterocycles. The zero-order valence-corrected chi connectivity index (χ0v) is 20.4. The maximum Gasteiger partial charge on any atom is 0.478 e. The molecule has 0 radical (unpaired) electrons. The smallest absolute Gasteiger partial charge is 0.395 e. The van der Waals surface area contributed by atoms with Crippen LogP contribution in [0.2, 0.25) is 5.02 Å². The largest absolute Gasteiger partial charge is 0.478 e. The highest BCUT2D eigenvalue weighted by molar-refractivity contribution is 7.60. The summed E-state index contributed by atoms with van der Waals surface area (Å²) in [6, 6.07) is 8.19. The number of aliphatic hydroxyl groups is 1. The van der Waals surface area contributed by atoms with Crippen LogP contribution < -0.4 is 5.32 Å². The van der Waals surface area contributed by atoms with E-state index in [2.05, 4.69) is 33.4 Å². The van der Waals surface area contributed by atoms with Crippen LogP contribution in [0.4, 0.5) is 5.69 Å². The maximum absolute atomic E-state index is 9.63. The first kappa shape index (κ1) is 28.9. The molecule has 2 rings (SSSR count). The predicted octanol–water partition coefficient (Wildman–Crippen LogP) is 2.97. The van der Waals surface area contributed by atoms with Crippen LogP contribution in [0.3, 0.4) is 0 Å². The van der Waals surface area contributed by atoms with Gasteiger partial charge in [0.2, 0.25) is 0 Å². The third-order valence-corrected chi connectivity index (χ3v) is 6.23. The molecule has 14 heteroatoms. The number of nitrogens with zero attached hydrogens (tertiary/aromatic N) is 2. The quantitative estimate of drug-likeness (QED) is 0.244. The summed E-state index contributed by atoms with van der Waals surface area (Å²) in [6.07, 6.45) is 4.00. The van der Waals surface area contributed by atoms with Crippen LogP contribution in [-0.4, -0.2) is 66.8 Å². The summed E-state index contributed by atoms with van der Waals surface area (Å²) in [5, 5.41) is 14.4. The highest BCUT2D eigenvalue weighted by Crippen LogP contribution is 2.53. The van der Waals surface area contributed by atoms with E-state index in [0.29, 0.717) is 11.1 Å². The molecule has 0 saturated heterocycles. The van der Waals surface area contributed by atoms with E-state index in [9.17, 15) is 9.13 Å². The maximum atomic E-state index is 9.63. The summed E-state index contributed by atoms with van der Waals surface area (Å²) < 4.78 is 22.2. The Morgan fingerprint density at radius 3 is 2.34 bits per heavy atom. The van der Waals surface area contributed by atoms with E-state index in [1.807, 2.05) is 30.5 Å². The van der Waals surface area contributed by atoms with Crippen molar-refractivity contribution in [2.45, 2.75) is 32.7 Å². The monoisotopic (exact) mass is 513 g/mol. The Morgan fingerprint density at radius 2 is 1.81 bits per heavy atom. The van der Waals surface area contributed by atoms with E-state index in [-0.39, 0.29) is 6.61 Å². The number of fused-ring (bicyclic) bond motifs is 1. The van der Waals surface area contributed by atoms with Crippen molar-refractivity contribution in [3.63, 3.8) is 0 Å². The highest BCUT2D eigenvalue weighted by atomic mass is 35.5. The van der Waals surface area contributed by atoms with Gasteiger partial charge in [-0.25, -0.2) is 9.13 Å². The number of hydrogen-bond acceptors (Lipinski definition) is 7. The van der Waals surface area contributed by atoms with Crippen molar-refractivity contribution in [3.8, 4) is 0 Å². The van der Waals surface area contributed by atoms with Crippen molar-refractivity contribution in [2.75, 3.05) is 31.6 Å². The molecule has 2 aromatic rings. The number of pyridine rings is 1. The summed E-state index contributed by atoms with van der Waals surface area (Å²) in [4.78, 5) is 37.6. The van der Waals surface area contributed by atoms with E-state index >= 15 is 0 Å². The minimum atomic E-state index is -5.05. The number of anilines is 1. The Hall–Kier alpha value is -1.10. The molecule has 1 aromatic carbocycles. The minimum absolute atomic E-state index is 0.229. The van der Waals surface area contributed by atoms with E-state index in [1.165, 1.54) is 0 Å². The molecule has 1 aromatic heterocycles. The first-order chi connectivity index (χ1) is 14.8. The van der Waals surface area contributed by atoms with Crippen LogP contribution in [-0.2, 0) is 13.4 Å². The summed E-state index contributed by atoms with van der Waals surface area (Å²) in [5.41, 5.74) is 2.01. The average molecular weight is 514 g/mol. The zero-order chi connectivity index (χ0) is 24.4. The number of benzene rings is 1. The second kappa shape index (κ2) is 13.6. The standard InChI is InChI=1S/C18H26ClN3O.H4O7P2/c1-3-22(11-12-23)10-4-5-14(2)21-17-8-9-20-18-13-15(19)6-7-16(17)18;1-8(2,3)7-9(4,5)6/h6-9,13-14,23H,3-5,10-12H2,1-2H3,(H,20,21);(H2,1,2,3)(H2,4,5,6). The molecule has 1 heterocycles. The lowest BCUT2D eigenvalue weighted by Crippen LogP contribution is -2.28. The predicted molar refractivity (Wildman–Crippen MR) is 123 cm³/mol. The Labute approximate surface area is 191 Å². The van der Waals surface area contributed by atoms with E-state index in [0.717, 1.165) is 49.1 Å². The molecule has 0 saturated carbocycles. The van der Waals surface area contributed by atoms with Gasteiger partial charge in [0.05, 0.1) is 12.1 Å². The summed E-state index contributed by atoms with van der Waals surface area (Å²) in [5.74, 6) is 0. The molecule has 0 aliphatic carbocycles. The fourth-order valence-corrected chi connectivity index (χ4v) is 4.19. The second-order valence-electron chi connectivity index (χ2n) is 6.93. The normalized spacial score (nSPS) is 13.0. The SMILES string of the molecule is CCN(CCO)CCCC(C)Nc1ccnc2cc(Cl)ccc12.O=P(O)(O)OP(=O)(O)O. The molecule has 0 bridgehead atoms. The molecular formula is C18H30ClN3O8P2. The van der Waals surface area contributed by atoms with Crippen molar-refractivity contribution >= 4 is 43.8 Å². The van der Waals surface area contributed by atoms with Gasteiger partial charge >= 0.3 is 15.6 Å². The van der Waals surface area contributed by atoms with Gasteiger partial charge in [-0.05, 0) is 57.1 Å². The number of halogens is 1. The molecule has 32 heavy (non-hydrogen) atoms. The number of aliphatic hydroxyl groups excluding tert-OH is 1. The van der Waals surface area contributed by atoms with Gasteiger partial charge in [0.15, 0.2) is 0 Å². The fourth-order valence-electron chi connectivity index (χ4n) is 2.91. The topological polar surface area (TPSA) is 173 Å². The molecule has 1 atom stereocenters.